The molecule has 2 aliphatic heterocycles. The van der Waals surface area contributed by atoms with Gasteiger partial charge in [0.05, 0.1) is 56.2 Å². The number of amides is 4. The number of carbonyl (C=O) groups is 4. The SMILES string of the molecule is COC(=O)N[C@@H](C(=O)N1CCC[C@H]1c1ncc(-c2ccc(COCc3cccc(-c4cnc([C@@H]5CCCN5C(=O)[C@@H](c5ccccc5)N(C)C(=O)O)[nH]4)c3)cc2)[nH]1)c1ccccc1. The summed E-state index contributed by atoms with van der Waals surface area (Å²) in [5.74, 6) is 0.856. The normalized spacial score (nSPS) is 17.0. The highest BCUT2D eigenvalue weighted by molar-refractivity contribution is 5.88. The Labute approximate surface area is 365 Å². The second-order valence-corrected chi connectivity index (χ2v) is 15.8. The van der Waals surface area contributed by atoms with Crippen LogP contribution in [0.4, 0.5) is 9.59 Å². The Morgan fingerprint density at radius 2 is 1.30 bits per heavy atom. The van der Waals surface area contributed by atoms with E-state index < -0.39 is 24.3 Å². The summed E-state index contributed by atoms with van der Waals surface area (Å²) in [4.78, 5) is 72.9. The fourth-order valence-electron chi connectivity index (χ4n) is 8.54. The molecule has 2 aromatic heterocycles. The maximum atomic E-state index is 14.0. The minimum Gasteiger partial charge on any atom is -0.465 e. The summed E-state index contributed by atoms with van der Waals surface area (Å²) in [6, 6.07) is 31.8. The smallest absolute Gasteiger partial charge is 0.407 e. The van der Waals surface area contributed by atoms with Crippen molar-refractivity contribution in [3.8, 4) is 22.5 Å². The van der Waals surface area contributed by atoms with Crippen molar-refractivity contribution in [1.82, 2.24) is 40.0 Å². The molecule has 0 spiro atoms. The first kappa shape index (κ1) is 42.4. The number of aromatic nitrogens is 4. The first-order valence-corrected chi connectivity index (χ1v) is 21.1. The van der Waals surface area contributed by atoms with E-state index in [1.807, 2.05) is 78.9 Å². The molecule has 324 valence electrons. The average Bonchev–Trinajstić information content (AvgIpc) is 4.17. The number of carbonyl (C=O) groups excluding carboxylic acids is 3. The Kier molecular flexibility index (Phi) is 12.9. The Morgan fingerprint density at radius 1 is 0.730 bits per heavy atom. The third-order valence-electron chi connectivity index (χ3n) is 11.8. The minimum atomic E-state index is -1.18. The molecule has 8 rings (SSSR count). The van der Waals surface area contributed by atoms with Gasteiger partial charge < -0.3 is 39.7 Å². The summed E-state index contributed by atoms with van der Waals surface area (Å²) < 4.78 is 11.0. The molecular weight excluding hydrogens is 801 g/mol. The third-order valence-corrected chi connectivity index (χ3v) is 11.8. The van der Waals surface area contributed by atoms with Crippen LogP contribution in [0.25, 0.3) is 22.5 Å². The Hall–Kier alpha value is -7.26. The molecular formula is C48H50N8O7. The van der Waals surface area contributed by atoms with Crippen LogP contribution < -0.4 is 5.32 Å². The molecule has 15 heteroatoms. The summed E-state index contributed by atoms with van der Waals surface area (Å²) in [6.07, 6.45) is 4.75. The zero-order valence-corrected chi connectivity index (χ0v) is 35.1. The van der Waals surface area contributed by atoms with Crippen LogP contribution >= 0.6 is 0 Å². The van der Waals surface area contributed by atoms with Gasteiger partial charge in [-0.05, 0) is 65.1 Å². The number of rotatable bonds is 14. The number of nitrogens with one attached hydrogen (secondary N) is 3. The van der Waals surface area contributed by atoms with Crippen LogP contribution in [0.5, 0.6) is 0 Å². The number of nitrogens with zero attached hydrogens (tertiary/aromatic N) is 5. The molecule has 6 aromatic rings. The van der Waals surface area contributed by atoms with Crippen molar-refractivity contribution in [1.29, 1.82) is 0 Å². The van der Waals surface area contributed by atoms with Crippen molar-refractivity contribution >= 4 is 24.0 Å². The topological polar surface area (TPSA) is 186 Å². The molecule has 2 saturated heterocycles. The molecule has 4 amide bonds. The van der Waals surface area contributed by atoms with Gasteiger partial charge in [0.25, 0.3) is 11.8 Å². The molecule has 2 fully saturated rings. The van der Waals surface area contributed by atoms with Crippen LogP contribution in [-0.4, -0.2) is 91.0 Å². The number of alkyl carbamates (subject to hydrolysis) is 1. The molecule has 0 saturated carbocycles. The van der Waals surface area contributed by atoms with Crippen LogP contribution in [0.3, 0.4) is 0 Å². The molecule has 0 bridgehead atoms. The van der Waals surface area contributed by atoms with Gasteiger partial charge in [-0.25, -0.2) is 19.6 Å². The number of ether oxygens (including phenoxy) is 2. The van der Waals surface area contributed by atoms with E-state index in [2.05, 4.69) is 26.3 Å². The average molecular weight is 851 g/mol. The van der Waals surface area contributed by atoms with Crippen molar-refractivity contribution < 1.29 is 33.8 Å². The number of hydrogen-bond acceptors (Lipinski definition) is 8. The monoisotopic (exact) mass is 850 g/mol. The summed E-state index contributed by atoms with van der Waals surface area (Å²) in [7, 11) is 2.70. The number of aromatic amines is 2. The lowest BCUT2D eigenvalue weighted by Gasteiger charge is -2.32. The van der Waals surface area contributed by atoms with Gasteiger partial charge in [0, 0.05) is 20.1 Å². The first-order valence-electron chi connectivity index (χ1n) is 21.1. The summed E-state index contributed by atoms with van der Waals surface area (Å²) in [5.41, 5.74) is 6.80. The molecule has 4 aromatic carbocycles. The Bertz CT molecular complexity index is 2530. The fraction of sp³-hybridized carbons (Fsp3) is 0.292. The first-order chi connectivity index (χ1) is 30.7. The van der Waals surface area contributed by atoms with Crippen LogP contribution in [0.2, 0.25) is 0 Å². The zero-order valence-electron chi connectivity index (χ0n) is 35.1. The number of imidazole rings is 2. The number of likely N-dealkylation sites (N-methyl/N-ethyl adjacent to an activating group) is 1. The van der Waals surface area contributed by atoms with Gasteiger partial charge in [0.1, 0.15) is 23.7 Å². The van der Waals surface area contributed by atoms with Gasteiger partial charge in [-0.2, -0.15) is 0 Å². The molecule has 0 radical (unpaired) electrons. The number of hydrogen-bond donors (Lipinski definition) is 4. The third kappa shape index (κ3) is 9.48. The predicted molar refractivity (Wildman–Crippen MR) is 234 cm³/mol. The lowest BCUT2D eigenvalue weighted by molar-refractivity contribution is -0.137. The second-order valence-electron chi connectivity index (χ2n) is 15.8. The summed E-state index contributed by atoms with van der Waals surface area (Å²) >= 11 is 0. The van der Waals surface area contributed by atoms with Crippen LogP contribution in [0.15, 0.2) is 122 Å². The summed E-state index contributed by atoms with van der Waals surface area (Å²) in [5, 5.41) is 12.5. The van der Waals surface area contributed by atoms with Gasteiger partial charge in [0.15, 0.2) is 0 Å². The standard InChI is InChI=1S/C48H50N8O7/c1-54(48(60)61)42(35-15-7-4-8-16-35)46(58)56-25-11-19-40(56)44-50-28-38(52-44)36-17-9-12-32(26-36)30-63-29-31-20-22-33(23-21-31)37-27-49-43(51-37)39-18-10-24-55(39)45(57)41(53-47(59)62-2)34-13-5-3-6-14-34/h3-9,12-17,20-23,26-28,39-42H,10-11,18-19,24-25,29-30H2,1-2H3,(H,49,51)(H,50,52)(H,53,59)(H,60,61)/t39-,40-,41+,42+/m0/s1. The number of benzene rings is 4. The number of H-pyrrole nitrogens is 2. The van der Waals surface area contributed by atoms with Crippen LogP contribution in [0.1, 0.15) is 83.8 Å². The van der Waals surface area contributed by atoms with Crippen LogP contribution in [0, 0.1) is 0 Å². The van der Waals surface area contributed by atoms with E-state index >= 15 is 0 Å². The summed E-state index contributed by atoms with van der Waals surface area (Å²) in [6.45, 7) is 1.85. The Balaban J connectivity index is 0.871. The van der Waals surface area contributed by atoms with Crippen molar-refractivity contribution in [2.75, 3.05) is 27.2 Å². The number of carboxylic acid groups (broad SMARTS) is 1. The zero-order chi connectivity index (χ0) is 43.9. The molecule has 15 nitrogen and oxygen atoms in total. The maximum absolute atomic E-state index is 14.0. The van der Waals surface area contributed by atoms with Crippen molar-refractivity contribution in [3.05, 3.63) is 155 Å². The number of likely N-dealkylation sites (tertiary alicyclic amines) is 2. The van der Waals surface area contributed by atoms with Gasteiger partial charge in [-0.1, -0.05) is 103 Å². The van der Waals surface area contributed by atoms with Gasteiger partial charge >= 0.3 is 12.2 Å². The molecule has 63 heavy (non-hydrogen) atoms. The van der Waals surface area contributed by atoms with Gasteiger partial charge in [0.2, 0.25) is 0 Å². The lowest BCUT2D eigenvalue weighted by atomic mass is 10.0. The van der Waals surface area contributed by atoms with E-state index in [1.54, 1.807) is 46.5 Å². The second kappa shape index (κ2) is 19.2. The van der Waals surface area contributed by atoms with E-state index in [-0.39, 0.29) is 23.9 Å². The minimum absolute atomic E-state index is 0.220. The van der Waals surface area contributed by atoms with E-state index in [4.69, 9.17) is 14.5 Å². The largest absolute Gasteiger partial charge is 0.465 e. The Morgan fingerprint density at radius 3 is 1.90 bits per heavy atom. The van der Waals surface area contributed by atoms with Crippen molar-refractivity contribution in [2.24, 2.45) is 0 Å². The highest BCUT2D eigenvalue weighted by Crippen LogP contribution is 2.36. The van der Waals surface area contributed by atoms with Gasteiger partial charge in [-0.3, -0.25) is 14.5 Å². The molecule has 0 aliphatic carbocycles. The predicted octanol–water partition coefficient (Wildman–Crippen LogP) is 7.96. The van der Waals surface area contributed by atoms with E-state index in [9.17, 15) is 24.3 Å². The molecule has 2 aliphatic rings. The highest BCUT2D eigenvalue weighted by Gasteiger charge is 2.40. The van der Waals surface area contributed by atoms with E-state index in [0.29, 0.717) is 55.5 Å². The van der Waals surface area contributed by atoms with Crippen LogP contribution in [-0.2, 0) is 32.3 Å². The quantitative estimate of drug-likeness (QED) is 0.0844. The van der Waals surface area contributed by atoms with Crippen molar-refractivity contribution in [2.45, 2.75) is 63.1 Å². The van der Waals surface area contributed by atoms with Gasteiger partial charge in [-0.15, -0.1) is 0 Å². The molecule has 0 unspecified atom stereocenters. The molecule has 4 heterocycles. The van der Waals surface area contributed by atoms with E-state index in [1.165, 1.54) is 14.2 Å². The van der Waals surface area contributed by atoms with E-state index in [0.717, 1.165) is 57.8 Å². The molecule has 4 atom stereocenters. The van der Waals surface area contributed by atoms with Crippen molar-refractivity contribution in [3.63, 3.8) is 0 Å². The number of methoxy groups -OCH3 is 1. The molecule has 4 N–H and O–H groups in total. The highest BCUT2D eigenvalue weighted by atomic mass is 16.5. The lowest BCUT2D eigenvalue weighted by Crippen LogP contribution is -2.43. The fourth-order valence-corrected chi connectivity index (χ4v) is 8.54. The maximum Gasteiger partial charge on any atom is 0.407 e.